The molecule has 0 saturated heterocycles. The van der Waals surface area contributed by atoms with E-state index in [2.05, 4.69) is 27.5 Å². The molecule has 0 bridgehead atoms. The number of nitrogens with zero attached hydrogens (tertiary/aromatic N) is 5. The van der Waals surface area contributed by atoms with Gasteiger partial charge in [-0.3, -0.25) is 4.79 Å². The molecule has 0 radical (unpaired) electrons. The van der Waals surface area contributed by atoms with E-state index in [1.165, 1.54) is 0 Å². The lowest BCUT2D eigenvalue weighted by Crippen LogP contribution is -2.22. The lowest BCUT2D eigenvalue weighted by atomic mass is 10.2. The van der Waals surface area contributed by atoms with Gasteiger partial charge in [-0.2, -0.15) is 5.21 Å². The smallest absolute Gasteiger partial charge is 0.275 e. The zero-order chi connectivity index (χ0) is 15.1. The lowest BCUT2D eigenvalue weighted by Gasteiger charge is -2.11. The van der Waals surface area contributed by atoms with Gasteiger partial charge in [0.25, 0.3) is 5.56 Å². The standard InChI is InChI=1S/C15H14N6O/c1-2-7-20-11-5-3-4-6-12(11)21-9-10(8-13(21)15(20)22)14-16-18-19-17-14/h3-6,8-9H,2,7H2,1H3,(H,16,17,18,19). The Morgan fingerprint density at radius 3 is 2.73 bits per heavy atom. The molecule has 3 heterocycles. The Bertz CT molecular complexity index is 1010. The van der Waals surface area contributed by atoms with Crippen LogP contribution in [0.4, 0.5) is 0 Å². The zero-order valence-electron chi connectivity index (χ0n) is 12.0. The summed E-state index contributed by atoms with van der Waals surface area (Å²) in [7, 11) is 0. The van der Waals surface area contributed by atoms with Crippen molar-refractivity contribution < 1.29 is 0 Å². The first kappa shape index (κ1) is 12.8. The average Bonchev–Trinajstić information content (AvgIpc) is 3.20. The van der Waals surface area contributed by atoms with Crippen LogP contribution in [0.25, 0.3) is 27.9 Å². The molecule has 22 heavy (non-hydrogen) atoms. The number of H-pyrrole nitrogens is 1. The van der Waals surface area contributed by atoms with Crippen molar-refractivity contribution in [2.45, 2.75) is 19.9 Å². The van der Waals surface area contributed by atoms with E-state index in [0.29, 0.717) is 17.9 Å². The van der Waals surface area contributed by atoms with E-state index < -0.39 is 0 Å². The number of tetrazole rings is 1. The van der Waals surface area contributed by atoms with Crippen molar-refractivity contribution >= 4 is 16.6 Å². The molecule has 7 heteroatoms. The number of para-hydroxylation sites is 2. The number of aryl methyl sites for hydroxylation is 1. The first-order chi connectivity index (χ1) is 10.8. The van der Waals surface area contributed by atoms with Gasteiger partial charge in [0.15, 0.2) is 0 Å². The van der Waals surface area contributed by atoms with Crippen LogP contribution in [0.1, 0.15) is 13.3 Å². The van der Waals surface area contributed by atoms with Crippen molar-refractivity contribution in [1.29, 1.82) is 0 Å². The van der Waals surface area contributed by atoms with Gasteiger partial charge in [0.05, 0.1) is 11.0 Å². The number of nitrogens with one attached hydrogen (secondary N) is 1. The van der Waals surface area contributed by atoms with Gasteiger partial charge in [0.2, 0.25) is 5.82 Å². The van der Waals surface area contributed by atoms with Crippen molar-refractivity contribution in [2.75, 3.05) is 0 Å². The van der Waals surface area contributed by atoms with Crippen LogP contribution in [0.3, 0.4) is 0 Å². The molecule has 0 unspecified atom stereocenters. The molecule has 0 aliphatic rings. The third-order valence-corrected chi connectivity index (χ3v) is 3.77. The van der Waals surface area contributed by atoms with Gasteiger partial charge in [-0.15, -0.1) is 10.2 Å². The summed E-state index contributed by atoms with van der Waals surface area (Å²) in [6.07, 6.45) is 2.78. The number of fused-ring (bicyclic) bond motifs is 3. The maximum absolute atomic E-state index is 12.8. The fraction of sp³-hybridized carbons (Fsp3) is 0.200. The number of hydrogen-bond donors (Lipinski definition) is 1. The number of aromatic amines is 1. The van der Waals surface area contributed by atoms with Crippen molar-refractivity contribution in [1.82, 2.24) is 29.6 Å². The van der Waals surface area contributed by atoms with E-state index >= 15 is 0 Å². The highest BCUT2D eigenvalue weighted by Crippen LogP contribution is 2.21. The molecular formula is C15H14N6O. The minimum atomic E-state index is -0.00436. The first-order valence-corrected chi connectivity index (χ1v) is 7.17. The normalized spacial score (nSPS) is 11.5. The highest BCUT2D eigenvalue weighted by molar-refractivity contribution is 5.81. The Balaban J connectivity index is 2.13. The molecular weight excluding hydrogens is 280 g/mol. The summed E-state index contributed by atoms with van der Waals surface area (Å²) in [6.45, 7) is 2.76. The molecule has 1 aromatic carbocycles. The van der Waals surface area contributed by atoms with Crippen LogP contribution < -0.4 is 5.56 Å². The third kappa shape index (κ3) is 1.75. The minimum Gasteiger partial charge on any atom is -0.310 e. The molecule has 0 amide bonds. The number of benzene rings is 1. The van der Waals surface area contributed by atoms with Crippen molar-refractivity contribution in [2.24, 2.45) is 0 Å². The van der Waals surface area contributed by atoms with Crippen LogP contribution in [-0.2, 0) is 6.54 Å². The van der Waals surface area contributed by atoms with Gasteiger partial charge >= 0.3 is 0 Å². The Morgan fingerprint density at radius 2 is 2.00 bits per heavy atom. The largest absolute Gasteiger partial charge is 0.310 e. The fourth-order valence-electron chi connectivity index (χ4n) is 2.82. The van der Waals surface area contributed by atoms with E-state index in [9.17, 15) is 4.79 Å². The molecule has 1 N–H and O–H groups in total. The van der Waals surface area contributed by atoms with E-state index in [1.807, 2.05) is 45.5 Å². The summed E-state index contributed by atoms with van der Waals surface area (Å²) in [4.78, 5) is 12.8. The molecule has 4 aromatic rings. The molecule has 0 saturated carbocycles. The van der Waals surface area contributed by atoms with Crippen molar-refractivity contribution in [3.63, 3.8) is 0 Å². The summed E-state index contributed by atoms with van der Waals surface area (Å²) < 4.78 is 3.72. The maximum atomic E-state index is 12.8. The topological polar surface area (TPSA) is 80.9 Å². The summed E-state index contributed by atoms with van der Waals surface area (Å²) >= 11 is 0. The molecule has 7 nitrogen and oxygen atoms in total. The Hall–Kier alpha value is -2.96. The van der Waals surface area contributed by atoms with E-state index in [-0.39, 0.29) is 5.56 Å². The van der Waals surface area contributed by atoms with Crippen LogP contribution in [0, 0.1) is 0 Å². The predicted octanol–water partition coefficient (Wildman–Crippen LogP) is 1.84. The molecule has 110 valence electrons. The first-order valence-electron chi connectivity index (χ1n) is 7.17. The predicted molar refractivity (Wildman–Crippen MR) is 82.6 cm³/mol. The van der Waals surface area contributed by atoms with Crippen LogP contribution in [0.2, 0.25) is 0 Å². The monoisotopic (exact) mass is 294 g/mol. The van der Waals surface area contributed by atoms with Crippen molar-refractivity contribution in [3.05, 3.63) is 46.9 Å². The lowest BCUT2D eigenvalue weighted by molar-refractivity contribution is 0.678. The number of aromatic nitrogens is 6. The SMILES string of the molecule is CCCn1c(=O)c2cc(-c3nn[nH]n3)cn2c2ccccc21. The van der Waals surface area contributed by atoms with Crippen LogP contribution in [-0.4, -0.2) is 29.6 Å². The highest BCUT2D eigenvalue weighted by Gasteiger charge is 2.14. The molecule has 0 atom stereocenters. The molecule has 4 rings (SSSR count). The second-order valence-corrected chi connectivity index (χ2v) is 5.16. The van der Waals surface area contributed by atoms with E-state index in [4.69, 9.17) is 0 Å². The summed E-state index contributed by atoms with van der Waals surface area (Å²) in [6, 6.07) is 9.71. The van der Waals surface area contributed by atoms with Gasteiger partial charge in [-0.05, 0) is 29.8 Å². The summed E-state index contributed by atoms with van der Waals surface area (Å²) in [5, 5.41) is 14.0. The highest BCUT2D eigenvalue weighted by atomic mass is 16.1. The molecule has 0 spiro atoms. The average molecular weight is 294 g/mol. The molecule has 0 aliphatic carbocycles. The zero-order valence-corrected chi connectivity index (χ0v) is 12.0. The molecule has 0 aliphatic heterocycles. The van der Waals surface area contributed by atoms with Gasteiger partial charge in [0, 0.05) is 18.3 Å². The Labute approximate surface area is 125 Å². The van der Waals surface area contributed by atoms with Gasteiger partial charge in [0.1, 0.15) is 5.52 Å². The second kappa shape index (κ2) is 4.80. The minimum absolute atomic E-state index is 0.00436. The van der Waals surface area contributed by atoms with Gasteiger partial charge < -0.3 is 8.97 Å². The van der Waals surface area contributed by atoms with Crippen LogP contribution >= 0.6 is 0 Å². The summed E-state index contributed by atoms with van der Waals surface area (Å²) in [5.74, 6) is 0.481. The number of rotatable bonds is 3. The Morgan fingerprint density at radius 1 is 1.18 bits per heavy atom. The number of hydrogen-bond acceptors (Lipinski definition) is 4. The quantitative estimate of drug-likeness (QED) is 0.625. The molecule has 3 aromatic heterocycles. The van der Waals surface area contributed by atoms with Crippen LogP contribution in [0.15, 0.2) is 41.3 Å². The Kier molecular flexibility index (Phi) is 2.78. The van der Waals surface area contributed by atoms with E-state index in [0.717, 1.165) is 23.0 Å². The maximum Gasteiger partial charge on any atom is 0.275 e. The molecule has 0 fully saturated rings. The van der Waals surface area contributed by atoms with Gasteiger partial charge in [-0.25, -0.2) is 0 Å². The van der Waals surface area contributed by atoms with Gasteiger partial charge in [-0.1, -0.05) is 19.1 Å². The van der Waals surface area contributed by atoms with Crippen molar-refractivity contribution in [3.8, 4) is 11.4 Å². The fourth-order valence-corrected chi connectivity index (χ4v) is 2.82. The second-order valence-electron chi connectivity index (χ2n) is 5.16. The van der Waals surface area contributed by atoms with E-state index in [1.54, 1.807) is 0 Å². The van der Waals surface area contributed by atoms with Crippen LogP contribution in [0.5, 0.6) is 0 Å². The summed E-state index contributed by atoms with van der Waals surface area (Å²) in [5.41, 5.74) is 3.30. The third-order valence-electron chi connectivity index (χ3n) is 3.77.